The van der Waals surface area contributed by atoms with E-state index in [9.17, 15) is 17.8 Å². The fourth-order valence-corrected chi connectivity index (χ4v) is 8.00. The molecule has 0 aliphatic carbocycles. The van der Waals surface area contributed by atoms with E-state index in [0.717, 1.165) is 0 Å². The highest BCUT2D eigenvalue weighted by Gasteiger charge is 2.45. The van der Waals surface area contributed by atoms with Gasteiger partial charge in [-0.3, -0.25) is 0 Å². The first-order chi connectivity index (χ1) is 11.7. The molecule has 0 unspecified atom stereocenters. The number of benzene rings is 2. The van der Waals surface area contributed by atoms with Crippen molar-refractivity contribution in [2.45, 2.75) is 22.9 Å². The van der Waals surface area contributed by atoms with E-state index >= 15 is 0 Å². The molecule has 0 atom stereocenters. The third kappa shape index (κ3) is 3.70. The Morgan fingerprint density at radius 3 is 2.56 bits per heavy atom. The number of thioether (sulfide) groups is 1. The van der Waals surface area contributed by atoms with E-state index in [0.29, 0.717) is 15.5 Å². The van der Waals surface area contributed by atoms with Gasteiger partial charge in [0.15, 0.2) is 9.84 Å². The van der Waals surface area contributed by atoms with Crippen LogP contribution in [0.3, 0.4) is 0 Å². The van der Waals surface area contributed by atoms with Crippen LogP contribution in [-0.2, 0) is 14.2 Å². The first-order valence-electron chi connectivity index (χ1n) is 7.82. The van der Waals surface area contributed by atoms with Gasteiger partial charge in [-0.05, 0) is 36.8 Å². The van der Waals surface area contributed by atoms with E-state index in [4.69, 9.17) is 4.34 Å². The number of fused-ring (bicyclic) bond motifs is 1. The maximum Gasteiger partial charge on any atom is 0.480 e. The average Bonchev–Trinajstić information content (AvgIpc) is 2.80. The quantitative estimate of drug-likeness (QED) is 0.614. The predicted octanol–water partition coefficient (Wildman–Crippen LogP) is 1.52. The molecule has 0 aromatic heterocycles. The molecule has 0 spiro atoms. The lowest BCUT2D eigenvalue weighted by atomic mass is 9.80. The van der Waals surface area contributed by atoms with Crippen LogP contribution >= 0.6 is 11.8 Å². The maximum atomic E-state index is 14.9. The topological polar surface area (TPSA) is 63.6 Å². The molecule has 0 bridgehead atoms. The number of hydrogen-bond donors (Lipinski definition) is 1. The largest absolute Gasteiger partial charge is 0.480 e. The van der Waals surface area contributed by atoms with E-state index in [1.165, 1.54) is 11.8 Å². The highest BCUT2D eigenvalue weighted by Crippen LogP contribution is 2.25. The van der Waals surface area contributed by atoms with Crippen LogP contribution in [0.4, 0.5) is 4.39 Å². The van der Waals surface area contributed by atoms with Crippen molar-refractivity contribution in [2.24, 2.45) is 0 Å². The van der Waals surface area contributed by atoms with Gasteiger partial charge in [0.1, 0.15) is 5.82 Å². The SMILES string of the molecule is C[Si]1(C)OB(O)c2ccc(SCCS(=O)(=O)c3ccccc3)c(F)c21. The standard InChI is InChI=1S/C16H18BFO4S2Si/c1-25(2)16-13(17(19)22-25)8-9-14(15(16)18)23-10-11-24(20,21)12-6-4-3-5-7-12/h3-9,19H,10-11H2,1-2H3. The molecular weight excluding hydrogens is 378 g/mol. The molecule has 0 saturated carbocycles. The monoisotopic (exact) mass is 396 g/mol. The second-order valence-corrected chi connectivity index (χ2v) is 13.3. The third-order valence-corrected chi connectivity index (χ3v) is 9.67. The Morgan fingerprint density at radius 1 is 1.20 bits per heavy atom. The lowest BCUT2D eigenvalue weighted by Crippen LogP contribution is -2.46. The highest BCUT2D eigenvalue weighted by molar-refractivity contribution is 8.00. The Balaban J connectivity index is 1.75. The molecular formula is C16H18BFO4S2Si. The minimum atomic E-state index is -3.39. The van der Waals surface area contributed by atoms with Crippen molar-refractivity contribution in [3.05, 3.63) is 48.3 Å². The van der Waals surface area contributed by atoms with Crippen molar-refractivity contribution in [3.8, 4) is 0 Å². The minimum absolute atomic E-state index is 0.0713. The summed E-state index contributed by atoms with van der Waals surface area (Å²) in [5.74, 6) is -0.218. The zero-order valence-corrected chi connectivity index (χ0v) is 16.5. The maximum absolute atomic E-state index is 14.9. The van der Waals surface area contributed by atoms with Crippen molar-refractivity contribution in [1.82, 2.24) is 0 Å². The molecule has 2 aromatic rings. The fraction of sp³-hybridized carbons (Fsp3) is 0.250. The molecule has 1 aliphatic heterocycles. The Bertz CT molecular complexity index is 891. The summed E-state index contributed by atoms with van der Waals surface area (Å²) in [5, 5.41) is 10.4. The summed E-state index contributed by atoms with van der Waals surface area (Å²) >= 11 is 1.17. The molecule has 9 heteroatoms. The van der Waals surface area contributed by atoms with Crippen LogP contribution in [0.2, 0.25) is 13.1 Å². The summed E-state index contributed by atoms with van der Waals surface area (Å²) in [6.45, 7) is 3.67. The second-order valence-electron chi connectivity index (χ2n) is 6.30. The summed E-state index contributed by atoms with van der Waals surface area (Å²) < 4.78 is 45.0. The van der Waals surface area contributed by atoms with E-state index in [1.54, 1.807) is 42.5 Å². The average molecular weight is 396 g/mol. The number of sulfone groups is 1. The van der Waals surface area contributed by atoms with Crippen LogP contribution < -0.4 is 10.6 Å². The summed E-state index contributed by atoms with van der Waals surface area (Å²) in [6.07, 6.45) is 0. The number of rotatable bonds is 5. The van der Waals surface area contributed by atoms with Gasteiger partial charge >= 0.3 is 7.12 Å². The van der Waals surface area contributed by atoms with Crippen LogP contribution in [-0.4, -0.2) is 40.4 Å². The zero-order valence-electron chi connectivity index (χ0n) is 13.9. The van der Waals surface area contributed by atoms with Crippen molar-refractivity contribution < 1.29 is 22.2 Å². The lowest BCUT2D eigenvalue weighted by Gasteiger charge is -2.18. The van der Waals surface area contributed by atoms with Crippen molar-refractivity contribution in [2.75, 3.05) is 11.5 Å². The van der Waals surface area contributed by atoms with Crippen molar-refractivity contribution in [1.29, 1.82) is 0 Å². The molecule has 0 fully saturated rings. The van der Waals surface area contributed by atoms with E-state index in [-0.39, 0.29) is 16.4 Å². The third-order valence-electron chi connectivity index (χ3n) is 4.13. The molecule has 1 N–H and O–H groups in total. The van der Waals surface area contributed by atoms with Gasteiger partial charge in [-0.2, -0.15) is 0 Å². The Kier molecular flexibility index (Phi) is 5.14. The molecule has 3 rings (SSSR count). The summed E-state index contributed by atoms with van der Waals surface area (Å²) in [4.78, 5) is 0.662. The Labute approximate surface area is 152 Å². The summed E-state index contributed by atoms with van der Waals surface area (Å²) in [7, 11) is -6.95. The van der Waals surface area contributed by atoms with Crippen LogP contribution in [0.15, 0.2) is 52.3 Å². The molecule has 0 radical (unpaired) electrons. The van der Waals surface area contributed by atoms with Crippen LogP contribution in [0, 0.1) is 5.82 Å². The first-order valence-corrected chi connectivity index (χ1v) is 13.4. The molecule has 0 saturated heterocycles. The van der Waals surface area contributed by atoms with Gasteiger partial charge in [0.05, 0.1) is 10.6 Å². The van der Waals surface area contributed by atoms with Gasteiger partial charge in [-0.25, -0.2) is 12.8 Å². The molecule has 1 aliphatic rings. The van der Waals surface area contributed by atoms with Gasteiger partial charge in [0.25, 0.3) is 0 Å². The number of halogens is 1. The molecule has 25 heavy (non-hydrogen) atoms. The minimum Gasteiger partial charge on any atom is -0.446 e. The van der Waals surface area contributed by atoms with E-state index in [2.05, 4.69) is 0 Å². The normalized spacial score (nSPS) is 16.1. The lowest BCUT2D eigenvalue weighted by molar-refractivity contribution is 0.441. The Hall–Kier alpha value is -1.13. The predicted molar refractivity (Wildman–Crippen MR) is 101 cm³/mol. The molecule has 2 aromatic carbocycles. The van der Waals surface area contributed by atoms with Crippen molar-refractivity contribution in [3.63, 3.8) is 0 Å². The fourth-order valence-electron chi connectivity index (χ4n) is 2.91. The van der Waals surface area contributed by atoms with Crippen LogP contribution in [0.25, 0.3) is 0 Å². The summed E-state index contributed by atoms with van der Waals surface area (Å²) in [5.41, 5.74) is 0.482. The second kappa shape index (κ2) is 6.88. The van der Waals surface area contributed by atoms with E-state index in [1.807, 2.05) is 13.1 Å². The molecule has 4 nitrogen and oxygen atoms in total. The van der Waals surface area contributed by atoms with Crippen LogP contribution in [0.1, 0.15) is 0 Å². The molecule has 0 amide bonds. The number of hydrogen-bond acceptors (Lipinski definition) is 5. The molecule has 132 valence electrons. The molecule has 1 heterocycles. The Morgan fingerprint density at radius 2 is 1.88 bits per heavy atom. The highest BCUT2D eigenvalue weighted by atomic mass is 32.2. The van der Waals surface area contributed by atoms with Gasteiger partial charge in [-0.1, -0.05) is 24.3 Å². The van der Waals surface area contributed by atoms with Gasteiger partial charge in [0, 0.05) is 15.8 Å². The zero-order chi connectivity index (χ0) is 18.2. The van der Waals surface area contributed by atoms with Gasteiger partial charge in [0.2, 0.25) is 8.32 Å². The van der Waals surface area contributed by atoms with E-state index < -0.39 is 31.1 Å². The first kappa shape index (κ1) is 18.7. The van der Waals surface area contributed by atoms with Gasteiger partial charge < -0.3 is 9.37 Å². The van der Waals surface area contributed by atoms with Crippen molar-refractivity contribution >= 4 is 47.7 Å². The van der Waals surface area contributed by atoms with Gasteiger partial charge in [-0.15, -0.1) is 11.8 Å². The smallest absolute Gasteiger partial charge is 0.446 e. The van der Waals surface area contributed by atoms with Crippen LogP contribution in [0.5, 0.6) is 0 Å². The summed E-state index contributed by atoms with van der Waals surface area (Å²) in [6, 6.07) is 11.5.